The van der Waals surface area contributed by atoms with E-state index in [1.54, 1.807) is 0 Å². The van der Waals surface area contributed by atoms with E-state index in [1.807, 2.05) is 6.92 Å². The highest BCUT2D eigenvalue weighted by molar-refractivity contribution is 6.44. The van der Waals surface area contributed by atoms with E-state index in [0.717, 1.165) is 6.42 Å². The van der Waals surface area contributed by atoms with Crippen LogP contribution in [0.3, 0.4) is 0 Å². The molecule has 0 radical (unpaired) electrons. The second-order valence-corrected chi connectivity index (χ2v) is 2.97. The van der Waals surface area contributed by atoms with Crippen LogP contribution < -0.4 is 0 Å². The Hall–Kier alpha value is 0.540. The predicted molar refractivity (Wildman–Crippen MR) is 36.4 cm³/mol. The minimum Gasteiger partial charge on any atom is -0.393 e. The Morgan fingerprint density at radius 2 is 2.00 bits per heavy atom. The van der Waals surface area contributed by atoms with Crippen LogP contribution in [0.2, 0.25) is 0 Å². The Balaban J connectivity index is 3.10. The normalized spacial score (nSPS) is 14.6. The van der Waals surface area contributed by atoms with Crippen molar-refractivity contribution in [2.45, 2.75) is 30.7 Å². The molecule has 0 aliphatic rings. The molecule has 0 heterocycles. The van der Waals surface area contributed by atoms with Gasteiger partial charge in [-0.05, 0) is 6.42 Å². The van der Waals surface area contributed by atoms with Crippen LogP contribution in [-0.4, -0.2) is 16.0 Å². The lowest BCUT2D eigenvalue weighted by Crippen LogP contribution is -2.07. The molecule has 0 aromatic carbocycles. The van der Waals surface area contributed by atoms with E-state index in [2.05, 4.69) is 0 Å². The molecular formula is C5H10Cl2O. The van der Waals surface area contributed by atoms with E-state index in [9.17, 15) is 0 Å². The van der Waals surface area contributed by atoms with Crippen LogP contribution in [0.4, 0.5) is 0 Å². The molecule has 8 heavy (non-hydrogen) atoms. The summed E-state index contributed by atoms with van der Waals surface area (Å²) in [5.74, 6) is 0. The second kappa shape index (κ2) is 4.42. The Bertz CT molecular complexity index is 56.4. The maximum atomic E-state index is 8.86. The fourth-order valence-corrected chi connectivity index (χ4v) is 0.784. The maximum Gasteiger partial charge on any atom is 0.110 e. The number of hydrogen-bond acceptors (Lipinski definition) is 1. The van der Waals surface area contributed by atoms with Gasteiger partial charge in [0.2, 0.25) is 0 Å². The molecule has 0 amide bonds. The number of aliphatic hydroxyl groups is 1. The van der Waals surface area contributed by atoms with Crippen molar-refractivity contribution in [3.63, 3.8) is 0 Å². The van der Waals surface area contributed by atoms with Gasteiger partial charge in [-0.25, -0.2) is 0 Å². The van der Waals surface area contributed by atoms with Gasteiger partial charge < -0.3 is 5.11 Å². The zero-order valence-electron chi connectivity index (χ0n) is 4.77. The van der Waals surface area contributed by atoms with Crippen molar-refractivity contribution >= 4 is 23.2 Å². The molecule has 0 aromatic rings. The van der Waals surface area contributed by atoms with Gasteiger partial charge in [-0.15, -0.1) is 23.2 Å². The molecule has 3 heteroatoms. The van der Waals surface area contributed by atoms with Crippen molar-refractivity contribution in [2.75, 3.05) is 0 Å². The summed E-state index contributed by atoms with van der Waals surface area (Å²) in [6.45, 7) is 1.89. The summed E-state index contributed by atoms with van der Waals surface area (Å²) in [4.78, 5) is -0.426. The van der Waals surface area contributed by atoms with Crippen LogP contribution in [0.25, 0.3) is 0 Å². The quantitative estimate of drug-likeness (QED) is 0.620. The van der Waals surface area contributed by atoms with E-state index in [1.165, 1.54) is 0 Å². The van der Waals surface area contributed by atoms with E-state index in [4.69, 9.17) is 28.3 Å². The first kappa shape index (κ1) is 8.54. The highest BCUT2D eigenvalue weighted by atomic mass is 35.5. The molecular weight excluding hydrogens is 147 g/mol. The topological polar surface area (TPSA) is 20.2 Å². The smallest absolute Gasteiger partial charge is 0.110 e. The van der Waals surface area contributed by atoms with Gasteiger partial charge >= 0.3 is 0 Å². The van der Waals surface area contributed by atoms with Crippen LogP contribution in [-0.2, 0) is 0 Å². The Morgan fingerprint density at radius 3 is 2.12 bits per heavy atom. The standard InChI is InChI=1S/C5H10Cl2O/c1-2-4(8)3-5(6)7/h4-5,8H,2-3H2,1H3. The third-order valence-corrected chi connectivity index (χ3v) is 1.28. The van der Waals surface area contributed by atoms with Crippen LogP contribution in [0, 0.1) is 0 Å². The molecule has 0 spiro atoms. The van der Waals surface area contributed by atoms with E-state index in [0.29, 0.717) is 6.42 Å². The first-order chi connectivity index (χ1) is 3.66. The summed E-state index contributed by atoms with van der Waals surface area (Å²) in [6.07, 6.45) is 0.852. The fourth-order valence-electron chi connectivity index (χ4n) is 0.372. The lowest BCUT2D eigenvalue weighted by Gasteiger charge is -2.05. The number of alkyl halides is 2. The molecule has 0 rings (SSSR count). The van der Waals surface area contributed by atoms with Crippen molar-refractivity contribution in [1.29, 1.82) is 0 Å². The number of rotatable bonds is 3. The third kappa shape index (κ3) is 4.69. The summed E-state index contributed by atoms with van der Waals surface area (Å²) >= 11 is 10.7. The summed E-state index contributed by atoms with van der Waals surface area (Å²) in [7, 11) is 0. The fraction of sp³-hybridized carbons (Fsp3) is 1.00. The highest BCUT2D eigenvalue weighted by Crippen LogP contribution is 2.11. The van der Waals surface area contributed by atoms with Gasteiger partial charge in [-0.2, -0.15) is 0 Å². The summed E-state index contributed by atoms with van der Waals surface area (Å²) in [5.41, 5.74) is 0. The van der Waals surface area contributed by atoms with Gasteiger partial charge in [0.1, 0.15) is 4.84 Å². The summed E-state index contributed by atoms with van der Waals surface area (Å²) < 4.78 is 0. The van der Waals surface area contributed by atoms with Crippen molar-refractivity contribution < 1.29 is 5.11 Å². The monoisotopic (exact) mass is 156 g/mol. The highest BCUT2D eigenvalue weighted by Gasteiger charge is 2.05. The lowest BCUT2D eigenvalue weighted by molar-refractivity contribution is 0.164. The summed E-state index contributed by atoms with van der Waals surface area (Å²) in [6, 6.07) is 0. The Morgan fingerprint density at radius 1 is 1.50 bits per heavy atom. The van der Waals surface area contributed by atoms with Gasteiger partial charge in [0.25, 0.3) is 0 Å². The molecule has 0 bridgehead atoms. The van der Waals surface area contributed by atoms with Gasteiger partial charge in [0.05, 0.1) is 6.10 Å². The molecule has 1 N–H and O–H groups in total. The molecule has 1 atom stereocenters. The average Bonchev–Trinajstić information content (AvgIpc) is 1.65. The molecule has 0 fully saturated rings. The van der Waals surface area contributed by atoms with Crippen LogP contribution in [0.15, 0.2) is 0 Å². The van der Waals surface area contributed by atoms with Gasteiger partial charge in [0, 0.05) is 6.42 Å². The van der Waals surface area contributed by atoms with Crippen LogP contribution in [0.5, 0.6) is 0 Å². The second-order valence-electron chi connectivity index (χ2n) is 1.69. The van der Waals surface area contributed by atoms with Crippen molar-refractivity contribution in [3.05, 3.63) is 0 Å². The van der Waals surface area contributed by atoms with Gasteiger partial charge in [0.15, 0.2) is 0 Å². The lowest BCUT2D eigenvalue weighted by atomic mass is 10.2. The SMILES string of the molecule is CCC(O)CC(Cl)Cl. The van der Waals surface area contributed by atoms with Gasteiger partial charge in [-0.3, -0.25) is 0 Å². The Labute approximate surface area is 59.6 Å². The molecule has 50 valence electrons. The van der Waals surface area contributed by atoms with Crippen molar-refractivity contribution in [2.24, 2.45) is 0 Å². The average molecular weight is 157 g/mol. The molecule has 0 aromatic heterocycles. The number of halogens is 2. The summed E-state index contributed by atoms with van der Waals surface area (Å²) in [5, 5.41) is 8.86. The zero-order valence-corrected chi connectivity index (χ0v) is 6.28. The minimum atomic E-state index is -0.426. The first-order valence-corrected chi connectivity index (χ1v) is 3.50. The van der Waals surface area contributed by atoms with Crippen LogP contribution in [0.1, 0.15) is 19.8 Å². The van der Waals surface area contributed by atoms with E-state index >= 15 is 0 Å². The number of aliphatic hydroxyl groups excluding tert-OH is 1. The Kier molecular flexibility index (Phi) is 4.72. The minimum absolute atomic E-state index is 0.338. The molecule has 1 nitrogen and oxygen atoms in total. The van der Waals surface area contributed by atoms with Crippen LogP contribution >= 0.6 is 23.2 Å². The molecule has 0 aliphatic heterocycles. The molecule has 0 aliphatic carbocycles. The van der Waals surface area contributed by atoms with E-state index in [-0.39, 0.29) is 6.10 Å². The van der Waals surface area contributed by atoms with Gasteiger partial charge in [-0.1, -0.05) is 6.92 Å². The van der Waals surface area contributed by atoms with Crippen molar-refractivity contribution in [1.82, 2.24) is 0 Å². The van der Waals surface area contributed by atoms with Crippen molar-refractivity contribution in [3.8, 4) is 0 Å². The largest absolute Gasteiger partial charge is 0.393 e. The maximum absolute atomic E-state index is 8.86. The van der Waals surface area contributed by atoms with E-state index < -0.39 is 4.84 Å². The first-order valence-electron chi connectivity index (χ1n) is 2.63. The zero-order chi connectivity index (χ0) is 6.57. The third-order valence-electron chi connectivity index (χ3n) is 0.921. The predicted octanol–water partition coefficient (Wildman–Crippen LogP) is 1.95. The molecule has 1 unspecified atom stereocenters. The molecule has 0 saturated heterocycles. The molecule has 0 saturated carbocycles. The number of hydrogen-bond donors (Lipinski definition) is 1.